The standard InChI is InChI=1S/C21H26N6O2S/c1-12-4-3-5-15-17(12)24-20(30-15)16-18(23-14-10-13(2)22-11-14)25-21(26-19(16)28)27-6-8-29-9-7-27/h3,5,12,14,22H,2,4,6-11H2,1H3,(H2,23,25,26,28)/t12?,14-/m1/s1. The quantitative estimate of drug-likeness (QED) is 0.691. The van der Waals surface area contributed by atoms with Gasteiger partial charge in [-0.05, 0) is 12.5 Å². The van der Waals surface area contributed by atoms with Gasteiger partial charge in [-0.25, -0.2) is 4.98 Å². The number of morpholine rings is 1. The molecule has 30 heavy (non-hydrogen) atoms. The van der Waals surface area contributed by atoms with Gasteiger partial charge < -0.3 is 20.3 Å². The molecule has 3 aliphatic rings. The van der Waals surface area contributed by atoms with Gasteiger partial charge in [0, 0.05) is 37.7 Å². The summed E-state index contributed by atoms with van der Waals surface area (Å²) in [7, 11) is 0. The number of anilines is 2. The molecule has 0 saturated carbocycles. The highest BCUT2D eigenvalue weighted by Gasteiger charge is 2.26. The third kappa shape index (κ3) is 3.63. The number of rotatable bonds is 4. The minimum Gasteiger partial charge on any atom is -0.387 e. The lowest BCUT2D eigenvalue weighted by Gasteiger charge is -2.28. The van der Waals surface area contributed by atoms with Gasteiger partial charge in [-0.15, -0.1) is 11.3 Å². The molecule has 158 valence electrons. The molecule has 8 nitrogen and oxygen atoms in total. The van der Waals surface area contributed by atoms with Gasteiger partial charge in [0.15, 0.2) is 0 Å². The maximum absolute atomic E-state index is 13.3. The molecule has 9 heteroatoms. The summed E-state index contributed by atoms with van der Waals surface area (Å²) >= 11 is 1.56. The number of thiazole rings is 1. The zero-order valence-corrected chi connectivity index (χ0v) is 17.8. The van der Waals surface area contributed by atoms with Crippen molar-refractivity contribution >= 4 is 29.2 Å². The van der Waals surface area contributed by atoms with Crippen LogP contribution in [0, 0.1) is 0 Å². The summed E-state index contributed by atoms with van der Waals surface area (Å²) in [6.07, 6.45) is 6.06. The van der Waals surface area contributed by atoms with E-state index in [0.717, 1.165) is 35.7 Å². The van der Waals surface area contributed by atoms with Gasteiger partial charge in [0.1, 0.15) is 16.4 Å². The van der Waals surface area contributed by atoms with Gasteiger partial charge in [-0.3, -0.25) is 9.78 Å². The minimum atomic E-state index is -0.165. The van der Waals surface area contributed by atoms with Crippen LogP contribution in [0.15, 0.2) is 23.1 Å². The number of H-pyrrole nitrogens is 1. The first-order valence-electron chi connectivity index (χ1n) is 10.4. The van der Waals surface area contributed by atoms with E-state index in [1.165, 1.54) is 0 Å². The number of nitrogens with zero attached hydrogens (tertiary/aromatic N) is 3. The SMILES string of the molecule is C=C1C[C@@H](Nc2nc(N3CCOCC3)[nH]c(=O)c2-c2nc3c(s2)C=CCC3C)CN1. The smallest absolute Gasteiger partial charge is 0.264 e. The number of hydrogen-bond donors (Lipinski definition) is 3. The van der Waals surface area contributed by atoms with Crippen molar-refractivity contribution < 1.29 is 4.74 Å². The van der Waals surface area contributed by atoms with Crippen molar-refractivity contribution in [3.63, 3.8) is 0 Å². The summed E-state index contributed by atoms with van der Waals surface area (Å²) in [5.41, 5.74) is 2.41. The van der Waals surface area contributed by atoms with Crippen LogP contribution in [0.25, 0.3) is 16.6 Å². The highest BCUT2D eigenvalue weighted by molar-refractivity contribution is 7.16. The molecule has 2 aromatic rings. The highest BCUT2D eigenvalue weighted by atomic mass is 32.1. The van der Waals surface area contributed by atoms with Crippen molar-refractivity contribution in [2.45, 2.75) is 31.7 Å². The average Bonchev–Trinajstić information content (AvgIpc) is 3.35. The lowest BCUT2D eigenvalue weighted by atomic mass is 9.98. The van der Waals surface area contributed by atoms with Gasteiger partial charge in [0.25, 0.3) is 5.56 Å². The Morgan fingerprint density at radius 3 is 2.90 bits per heavy atom. The van der Waals surface area contributed by atoms with E-state index >= 15 is 0 Å². The molecular formula is C21H26N6O2S. The van der Waals surface area contributed by atoms with Crippen LogP contribution in [0.4, 0.5) is 11.8 Å². The van der Waals surface area contributed by atoms with E-state index in [2.05, 4.69) is 46.2 Å². The molecule has 2 fully saturated rings. The Kier molecular flexibility index (Phi) is 5.08. The van der Waals surface area contributed by atoms with Crippen molar-refractivity contribution in [2.24, 2.45) is 0 Å². The molecule has 0 spiro atoms. The molecule has 5 rings (SSSR count). The first-order valence-corrected chi connectivity index (χ1v) is 11.2. The summed E-state index contributed by atoms with van der Waals surface area (Å²) in [5.74, 6) is 1.52. The molecule has 1 unspecified atom stereocenters. The number of aromatic amines is 1. The molecule has 1 aliphatic carbocycles. The Morgan fingerprint density at radius 1 is 1.33 bits per heavy atom. The second-order valence-electron chi connectivity index (χ2n) is 8.05. The normalized spacial score (nSPS) is 23.4. The maximum atomic E-state index is 13.3. The van der Waals surface area contributed by atoms with Crippen LogP contribution >= 0.6 is 11.3 Å². The monoisotopic (exact) mass is 426 g/mol. The summed E-state index contributed by atoms with van der Waals surface area (Å²) in [4.78, 5) is 29.1. The van der Waals surface area contributed by atoms with E-state index in [-0.39, 0.29) is 11.6 Å². The Labute approximate surface area is 179 Å². The van der Waals surface area contributed by atoms with Crippen molar-refractivity contribution in [2.75, 3.05) is 43.1 Å². The maximum Gasteiger partial charge on any atom is 0.264 e. The van der Waals surface area contributed by atoms with E-state index in [1.807, 2.05) is 0 Å². The molecule has 3 N–H and O–H groups in total. The Bertz CT molecular complexity index is 1050. The van der Waals surface area contributed by atoms with Crippen LogP contribution in [0.5, 0.6) is 0 Å². The Balaban J connectivity index is 1.57. The Hall–Kier alpha value is -2.65. The van der Waals surface area contributed by atoms with Crippen LogP contribution in [-0.4, -0.2) is 53.8 Å². The first-order chi connectivity index (χ1) is 14.6. The van der Waals surface area contributed by atoms with Crippen molar-refractivity contribution in [3.8, 4) is 10.6 Å². The predicted molar refractivity (Wildman–Crippen MR) is 120 cm³/mol. The number of ether oxygens (including phenoxy) is 1. The molecule has 4 heterocycles. The second-order valence-corrected chi connectivity index (χ2v) is 9.08. The van der Waals surface area contributed by atoms with E-state index in [0.29, 0.717) is 54.6 Å². The summed E-state index contributed by atoms with van der Waals surface area (Å²) in [6, 6.07) is 0.136. The average molecular weight is 427 g/mol. The highest BCUT2D eigenvalue weighted by Crippen LogP contribution is 2.38. The first kappa shape index (κ1) is 19.3. The van der Waals surface area contributed by atoms with Crippen LogP contribution < -0.4 is 21.1 Å². The van der Waals surface area contributed by atoms with Gasteiger partial charge in [0.2, 0.25) is 5.95 Å². The number of allylic oxidation sites excluding steroid dienone is 1. The number of hydrogen-bond acceptors (Lipinski definition) is 8. The lowest BCUT2D eigenvalue weighted by molar-refractivity contribution is 0.122. The number of aromatic nitrogens is 3. The van der Waals surface area contributed by atoms with Crippen LogP contribution in [0.3, 0.4) is 0 Å². The van der Waals surface area contributed by atoms with Crippen molar-refractivity contribution in [1.82, 2.24) is 20.3 Å². The second kappa shape index (κ2) is 7.88. The fraction of sp³-hybridized carbons (Fsp3) is 0.476. The van der Waals surface area contributed by atoms with Crippen LogP contribution in [-0.2, 0) is 4.74 Å². The fourth-order valence-electron chi connectivity index (χ4n) is 4.11. The zero-order valence-electron chi connectivity index (χ0n) is 17.0. The summed E-state index contributed by atoms with van der Waals surface area (Å²) < 4.78 is 5.44. The molecule has 2 aliphatic heterocycles. The van der Waals surface area contributed by atoms with E-state index in [1.54, 1.807) is 11.3 Å². The molecule has 0 radical (unpaired) electrons. The van der Waals surface area contributed by atoms with Gasteiger partial charge in [0.05, 0.1) is 29.8 Å². The zero-order chi connectivity index (χ0) is 20.7. The summed E-state index contributed by atoms with van der Waals surface area (Å²) in [5, 5.41) is 7.47. The lowest BCUT2D eigenvalue weighted by Crippen LogP contribution is -2.38. The molecule has 0 bridgehead atoms. The Morgan fingerprint density at radius 2 is 2.17 bits per heavy atom. The predicted octanol–water partition coefficient (Wildman–Crippen LogP) is 2.54. The molecule has 2 atom stereocenters. The van der Waals surface area contributed by atoms with E-state index in [4.69, 9.17) is 14.7 Å². The molecule has 2 saturated heterocycles. The molecule has 0 aromatic carbocycles. The molecular weight excluding hydrogens is 400 g/mol. The molecule has 2 aromatic heterocycles. The van der Waals surface area contributed by atoms with Crippen molar-refractivity contribution in [1.29, 1.82) is 0 Å². The molecule has 0 amide bonds. The van der Waals surface area contributed by atoms with E-state index in [9.17, 15) is 4.79 Å². The van der Waals surface area contributed by atoms with Gasteiger partial charge in [-0.2, -0.15) is 4.98 Å². The van der Waals surface area contributed by atoms with Crippen molar-refractivity contribution in [3.05, 3.63) is 39.3 Å². The minimum absolute atomic E-state index is 0.136. The number of nitrogens with one attached hydrogen (secondary N) is 3. The van der Waals surface area contributed by atoms with Crippen LogP contribution in [0.1, 0.15) is 36.3 Å². The number of fused-ring (bicyclic) bond motifs is 1. The van der Waals surface area contributed by atoms with Gasteiger partial charge >= 0.3 is 0 Å². The fourth-order valence-corrected chi connectivity index (χ4v) is 5.27. The third-order valence-electron chi connectivity index (χ3n) is 5.77. The van der Waals surface area contributed by atoms with Crippen LogP contribution in [0.2, 0.25) is 0 Å². The summed E-state index contributed by atoms with van der Waals surface area (Å²) in [6.45, 7) is 9.61. The largest absolute Gasteiger partial charge is 0.387 e. The van der Waals surface area contributed by atoms with E-state index < -0.39 is 0 Å². The third-order valence-corrected chi connectivity index (χ3v) is 6.82. The van der Waals surface area contributed by atoms with Gasteiger partial charge in [-0.1, -0.05) is 19.6 Å². The topological polar surface area (TPSA) is 95.2 Å².